The van der Waals surface area contributed by atoms with E-state index in [0.29, 0.717) is 6.04 Å². The lowest BCUT2D eigenvalue weighted by atomic mass is 10.0. The van der Waals surface area contributed by atoms with Gasteiger partial charge in [-0.2, -0.15) is 0 Å². The lowest BCUT2D eigenvalue weighted by Gasteiger charge is -2.03. The second kappa shape index (κ2) is 3.85. The SMILES string of the molecule is C/C=C1\NC(C)c2ccc3c(oc4nc(C)ccc43)c21. The molecule has 0 saturated heterocycles. The van der Waals surface area contributed by atoms with E-state index in [1.165, 1.54) is 11.1 Å². The van der Waals surface area contributed by atoms with Gasteiger partial charge in [-0.1, -0.05) is 18.2 Å². The highest BCUT2D eigenvalue weighted by Gasteiger charge is 2.26. The van der Waals surface area contributed by atoms with Crippen LogP contribution in [0.1, 0.15) is 36.7 Å². The molecule has 3 aromatic rings. The number of furan rings is 1. The number of nitrogens with one attached hydrogen (secondary N) is 1. The zero-order chi connectivity index (χ0) is 13.9. The molecule has 1 aliphatic rings. The summed E-state index contributed by atoms with van der Waals surface area (Å²) >= 11 is 0. The molecule has 0 spiro atoms. The Balaban J connectivity index is 2.17. The van der Waals surface area contributed by atoms with Crippen LogP contribution in [-0.2, 0) is 0 Å². The van der Waals surface area contributed by atoms with Crippen LogP contribution in [0.2, 0.25) is 0 Å². The van der Waals surface area contributed by atoms with E-state index >= 15 is 0 Å². The molecule has 0 amide bonds. The molecule has 1 N–H and O–H groups in total. The van der Waals surface area contributed by atoms with E-state index in [1.54, 1.807) is 0 Å². The maximum Gasteiger partial charge on any atom is 0.227 e. The van der Waals surface area contributed by atoms with Crippen LogP contribution in [0.3, 0.4) is 0 Å². The Labute approximate surface area is 117 Å². The van der Waals surface area contributed by atoms with E-state index in [-0.39, 0.29) is 0 Å². The van der Waals surface area contributed by atoms with E-state index in [2.05, 4.69) is 41.5 Å². The third-order valence-corrected chi connectivity index (χ3v) is 4.07. The Morgan fingerprint density at radius 3 is 2.80 bits per heavy atom. The van der Waals surface area contributed by atoms with Crippen LogP contribution < -0.4 is 5.32 Å². The Morgan fingerprint density at radius 2 is 2.00 bits per heavy atom. The predicted octanol–water partition coefficient (Wildman–Crippen LogP) is 4.31. The van der Waals surface area contributed by atoms with Crippen molar-refractivity contribution in [3.63, 3.8) is 0 Å². The van der Waals surface area contributed by atoms with Gasteiger partial charge >= 0.3 is 0 Å². The van der Waals surface area contributed by atoms with Gasteiger partial charge in [0.25, 0.3) is 0 Å². The molecule has 3 heterocycles. The van der Waals surface area contributed by atoms with E-state index in [9.17, 15) is 0 Å². The number of allylic oxidation sites excluding steroid dienone is 1. The molecule has 2 aromatic heterocycles. The van der Waals surface area contributed by atoms with Crippen LogP contribution in [0.15, 0.2) is 34.8 Å². The lowest BCUT2D eigenvalue weighted by Crippen LogP contribution is -2.06. The van der Waals surface area contributed by atoms with Gasteiger partial charge in [0, 0.05) is 33.8 Å². The summed E-state index contributed by atoms with van der Waals surface area (Å²) in [6.45, 7) is 6.21. The number of fused-ring (bicyclic) bond motifs is 5. The fourth-order valence-electron chi connectivity index (χ4n) is 3.08. The van der Waals surface area contributed by atoms with Crippen LogP contribution >= 0.6 is 0 Å². The summed E-state index contributed by atoms with van der Waals surface area (Å²) in [5.41, 5.74) is 6.28. The monoisotopic (exact) mass is 264 g/mol. The van der Waals surface area contributed by atoms with Crippen molar-refractivity contribution in [1.29, 1.82) is 0 Å². The van der Waals surface area contributed by atoms with Gasteiger partial charge in [0.05, 0.1) is 0 Å². The van der Waals surface area contributed by atoms with Gasteiger partial charge in [-0.3, -0.25) is 0 Å². The molecule has 0 fully saturated rings. The van der Waals surface area contributed by atoms with Crippen molar-refractivity contribution in [1.82, 2.24) is 10.3 Å². The van der Waals surface area contributed by atoms with Gasteiger partial charge in [0.2, 0.25) is 5.71 Å². The Morgan fingerprint density at radius 1 is 1.20 bits per heavy atom. The number of hydrogen-bond donors (Lipinski definition) is 1. The first-order valence-electron chi connectivity index (χ1n) is 6.95. The van der Waals surface area contributed by atoms with Gasteiger partial charge in [-0.05, 0) is 38.5 Å². The molecule has 100 valence electrons. The molecule has 4 rings (SSSR count). The molecule has 0 bridgehead atoms. The normalized spacial score (nSPS) is 19.8. The minimum absolute atomic E-state index is 0.323. The zero-order valence-electron chi connectivity index (χ0n) is 11.8. The van der Waals surface area contributed by atoms with Crippen LogP contribution in [0, 0.1) is 6.92 Å². The van der Waals surface area contributed by atoms with Crippen LogP contribution in [0.4, 0.5) is 0 Å². The van der Waals surface area contributed by atoms with Crippen molar-refractivity contribution in [3.05, 3.63) is 47.2 Å². The smallest absolute Gasteiger partial charge is 0.227 e. The van der Waals surface area contributed by atoms with Crippen LogP contribution in [0.5, 0.6) is 0 Å². The number of aryl methyl sites for hydroxylation is 1. The van der Waals surface area contributed by atoms with Crippen molar-refractivity contribution in [3.8, 4) is 0 Å². The van der Waals surface area contributed by atoms with Crippen LogP contribution in [0.25, 0.3) is 27.8 Å². The Kier molecular flexibility index (Phi) is 2.22. The van der Waals surface area contributed by atoms with Gasteiger partial charge < -0.3 is 9.73 Å². The molecular weight excluding hydrogens is 248 g/mol. The first kappa shape index (κ1) is 11.5. The van der Waals surface area contributed by atoms with Crippen molar-refractivity contribution in [2.45, 2.75) is 26.8 Å². The zero-order valence-corrected chi connectivity index (χ0v) is 11.8. The maximum absolute atomic E-state index is 6.06. The molecule has 0 saturated carbocycles. The molecule has 1 aliphatic heterocycles. The third-order valence-electron chi connectivity index (χ3n) is 4.07. The summed E-state index contributed by atoms with van der Waals surface area (Å²) in [6.07, 6.45) is 2.10. The van der Waals surface area contributed by atoms with Gasteiger partial charge in [0.15, 0.2) is 0 Å². The van der Waals surface area contributed by atoms with Crippen molar-refractivity contribution < 1.29 is 4.42 Å². The molecule has 3 nitrogen and oxygen atoms in total. The summed E-state index contributed by atoms with van der Waals surface area (Å²) in [5.74, 6) is 0. The minimum Gasteiger partial charge on any atom is -0.437 e. The quantitative estimate of drug-likeness (QED) is 0.657. The summed E-state index contributed by atoms with van der Waals surface area (Å²) in [7, 11) is 0. The average molecular weight is 264 g/mol. The first-order chi connectivity index (χ1) is 9.69. The van der Waals surface area contributed by atoms with Gasteiger partial charge in [0.1, 0.15) is 5.58 Å². The topological polar surface area (TPSA) is 38.1 Å². The van der Waals surface area contributed by atoms with E-state index in [4.69, 9.17) is 4.42 Å². The predicted molar refractivity (Wildman–Crippen MR) is 81.5 cm³/mol. The van der Waals surface area contributed by atoms with Gasteiger partial charge in [-0.25, -0.2) is 4.98 Å². The molecule has 0 radical (unpaired) electrons. The molecule has 3 heteroatoms. The molecule has 0 aliphatic carbocycles. The molecule has 1 unspecified atom stereocenters. The third kappa shape index (κ3) is 1.38. The van der Waals surface area contributed by atoms with Gasteiger partial charge in [-0.15, -0.1) is 0 Å². The fourth-order valence-corrected chi connectivity index (χ4v) is 3.08. The molecular formula is C17H16N2O. The number of benzene rings is 1. The van der Waals surface area contributed by atoms with E-state index < -0.39 is 0 Å². The number of hydrogen-bond acceptors (Lipinski definition) is 3. The van der Waals surface area contributed by atoms with Crippen LogP contribution in [-0.4, -0.2) is 4.98 Å². The minimum atomic E-state index is 0.323. The summed E-state index contributed by atoms with van der Waals surface area (Å²) in [6, 6.07) is 8.79. The maximum atomic E-state index is 6.06. The number of pyridine rings is 1. The number of nitrogens with zero attached hydrogens (tertiary/aromatic N) is 1. The molecule has 1 aromatic carbocycles. The second-order valence-corrected chi connectivity index (χ2v) is 5.38. The Bertz CT molecular complexity index is 873. The van der Waals surface area contributed by atoms with Crippen molar-refractivity contribution in [2.24, 2.45) is 0 Å². The fraction of sp³-hybridized carbons (Fsp3) is 0.235. The first-order valence-corrected chi connectivity index (χ1v) is 6.95. The lowest BCUT2D eigenvalue weighted by molar-refractivity contribution is 0.651. The Hall–Kier alpha value is -2.29. The summed E-state index contributed by atoms with van der Waals surface area (Å²) < 4.78 is 6.06. The molecule has 1 atom stereocenters. The van der Waals surface area contributed by atoms with Crippen molar-refractivity contribution in [2.75, 3.05) is 0 Å². The highest BCUT2D eigenvalue weighted by atomic mass is 16.3. The highest BCUT2D eigenvalue weighted by molar-refractivity contribution is 6.08. The highest BCUT2D eigenvalue weighted by Crippen LogP contribution is 2.40. The van der Waals surface area contributed by atoms with Crippen molar-refractivity contribution >= 4 is 27.8 Å². The summed E-state index contributed by atoms with van der Waals surface area (Å²) in [4.78, 5) is 4.50. The summed E-state index contributed by atoms with van der Waals surface area (Å²) in [5, 5.41) is 5.72. The second-order valence-electron chi connectivity index (χ2n) is 5.38. The standard InChI is InChI=1S/C17H16N2O/c1-4-14-15-11(10(3)19-14)7-8-12-13-6-5-9(2)18-17(13)20-16(12)15/h4-8,10,19H,1-3H3/b14-4-. The van der Waals surface area contributed by atoms with E-state index in [0.717, 1.165) is 33.5 Å². The van der Waals surface area contributed by atoms with E-state index in [1.807, 2.05) is 19.9 Å². The molecule has 20 heavy (non-hydrogen) atoms. The number of aromatic nitrogens is 1. The number of rotatable bonds is 0. The average Bonchev–Trinajstić information content (AvgIpc) is 2.95. The largest absolute Gasteiger partial charge is 0.437 e.